The summed E-state index contributed by atoms with van der Waals surface area (Å²) in [7, 11) is 0. The van der Waals surface area contributed by atoms with E-state index in [1.54, 1.807) is 0 Å². The fraction of sp³-hybridized carbons (Fsp3) is 0.417. The second-order valence-corrected chi connectivity index (χ2v) is 4.00. The van der Waals surface area contributed by atoms with Crippen LogP contribution in [-0.2, 0) is 13.1 Å². The third-order valence-corrected chi connectivity index (χ3v) is 2.45. The van der Waals surface area contributed by atoms with Gasteiger partial charge in [0.25, 0.3) is 0 Å². The van der Waals surface area contributed by atoms with E-state index in [-0.39, 0.29) is 0 Å². The number of anilines is 1. The van der Waals surface area contributed by atoms with Gasteiger partial charge in [0.2, 0.25) is 0 Å². The van der Waals surface area contributed by atoms with Crippen LogP contribution in [0.1, 0.15) is 24.0 Å². The van der Waals surface area contributed by atoms with E-state index in [0.29, 0.717) is 0 Å². The van der Waals surface area contributed by atoms with Crippen molar-refractivity contribution in [2.75, 3.05) is 5.32 Å². The quantitative estimate of drug-likeness (QED) is 0.873. The van der Waals surface area contributed by atoms with Gasteiger partial charge >= 0.3 is 0 Å². The highest BCUT2D eigenvalue weighted by Crippen LogP contribution is 2.08. The van der Waals surface area contributed by atoms with Crippen LogP contribution < -0.4 is 5.32 Å². The Bertz CT molecular complexity index is 483. The van der Waals surface area contributed by atoms with Crippen LogP contribution in [0.5, 0.6) is 0 Å². The number of aryl methyl sites for hydroxylation is 3. The Hall–Kier alpha value is -1.91. The Morgan fingerprint density at radius 1 is 1.29 bits per heavy atom. The molecule has 0 unspecified atom stereocenters. The van der Waals surface area contributed by atoms with Crippen LogP contribution in [-0.4, -0.2) is 19.7 Å². The van der Waals surface area contributed by atoms with Gasteiger partial charge in [0.1, 0.15) is 11.6 Å². The predicted molar refractivity (Wildman–Crippen MR) is 66.7 cm³/mol. The summed E-state index contributed by atoms with van der Waals surface area (Å²) in [5.74, 6) is 1.65. The first-order valence-electron chi connectivity index (χ1n) is 5.75. The Kier molecular flexibility index (Phi) is 3.37. The Morgan fingerprint density at radius 3 is 2.76 bits per heavy atom. The van der Waals surface area contributed by atoms with Crippen molar-refractivity contribution in [2.24, 2.45) is 0 Å². The molecule has 2 aromatic heterocycles. The number of hydrogen-bond donors (Lipinski definition) is 1. The van der Waals surface area contributed by atoms with Gasteiger partial charge in [-0.05, 0) is 20.8 Å². The Labute approximate surface area is 101 Å². The van der Waals surface area contributed by atoms with Crippen LogP contribution >= 0.6 is 0 Å². The maximum absolute atomic E-state index is 4.33. The summed E-state index contributed by atoms with van der Waals surface area (Å²) in [6.07, 6.45) is 3.91. The molecule has 0 radical (unpaired) electrons. The van der Waals surface area contributed by atoms with Crippen LogP contribution in [0.25, 0.3) is 0 Å². The highest BCUT2D eigenvalue weighted by Gasteiger charge is 2.00. The topological polar surface area (TPSA) is 55.6 Å². The standard InChI is InChI=1S/C12H17N5/c1-4-17-8-11(7-14-17)6-13-12-5-9(2)15-10(3)16-12/h5,7-8H,4,6H2,1-3H3,(H,13,15,16). The van der Waals surface area contributed by atoms with Gasteiger partial charge in [-0.1, -0.05) is 0 Å². The SMILES string of the molecule is CCn1cc(CNc2cc(C)nc(C)n2)cn1. The van der Waals surface area contributed by atoms with Gasteiger partial charge in [-0.25, -0.2) is 9.97 Å². The molecule has 0 aromatic carbocycles. The first-order valence-corrected chi connectivity index (χ1v) is 5.75. The largest absolute Gasteiger partial charge is 0.366 e. The zero-order chi connectivity index (χ0) is 12.3. The summed E-state index contributed by atoms with van der Waals surface area (Å²) in [6, 6.07) is 1.94. The first-order chi connectivity index (χ1) is 8.17. The molecule has 2 heterocycles. The lowest BCUT2D eigenvalue weighted by Crippen LogP contribution is -2.03. The zero-order valence-electron chi connectivity index (χ0n) is 10.4. The molecular weight excluding hydrogens is 214 g/mol. The molecule has 2 rings (SSSR count). The van der Waals surface area contributed by atoms with Crippen molar-refractivity contribution in [3.8, 4) is 0 Å². The van der Waals surface area contributed by atoms with Crippen molar-refractivity contribution in [1.82, 2.24) is 19.7 Å². The molecule has 1 N–H and O–H groups in total. The van der Waals surface area contributed by atoms with Gasteiger partial charge in [-0.15, -0.1) is 0 Å². The fourth-order valence-corrected chi connectivity index (χ4v) is 1.67. The minimum Gasteiger partial charge on any atom is -0.366 e. The molecule has 0 bridgehead atoms. The average Bonchev–Trinajstić information content (AvgIpc) is 2.73. The summed E-state index contributed by atoms with van der Waals surface area (Å²) in [5, 5.41) is 7.50. The molecule has 5 nitrogen and oxygen atoms in total. The lowest BCUT2D eigenvalue weighted by Gasteiger charge is -2.05. The van der Waals surface area contributed by atoms with E-state index in [0.717, 1.165) is 36.0 Å². The molecule has 0 saturated carbocycles. The third-order valence-electron chi connectivity index (χ3n) is 2.45. The molecule has 0 aliphatic carbocycles. The van der Waals surface area contributed by atoms with E-state index in [1.807, 2.05) is 37.0 Å². The maximum atomic E-state index is 4.33. The van der Waals surface area contributed by atoms with Gasteiger partial charge in [0, 0.05) is 36.6 Å². The Morgan fingerprint density at radius 2 is 2.12 bits per heavy atom. The first kappa shape index (κ1) is 11.6. The van der Waals surface area contributed by atoms with Crippen molar-refractivity contribution in [1.29, 1.82) is 0 Å². The van der Waals surface area contributed by atoms with E-state index in [1.165, 1.54) is 0 Å². The summed E-state index contributed by atoms with van der Waals surface area (Å²) in [4.78, 5) is 8.57. The molecule has 17 heavy (non-hydrogen) atoms. The number of nitrogens with one attached hydrogen (secondary N) is 1. The minimum absolute atomic E-state index is 0.732. The van der Waals surface area contributed by atoms with Crippen molar-refractivity contribution >= 4 is 5.82 Å². The second-order valence-electron chi connectivity index (χ2n) is 4.00. The van der Waals surface area contributed by atoms with E-state index in [9.17, 15) is 0 Å². The summed E-state index contributed by atoms with van der Waals surface area (Å²) >= 11 is 0. The molecular formula is C12H17N5. The second kappa shape index (κ2) is 4.95. The van der Waals surface area contributed by atoms with Crippen LogP contribution in [0.15, 0.2) is 18.5 Å². The van der Waals surface area contributed by atoms with Crippen LogP contribution in [0.3, 0.4) is 0 Å². The lowest BCUT2D eigenvalue weighted by atomic mass is 10.3. The average molecular weight is 231 g/mol. The summed E-state index contributed by atoms with van der Waals surface area (Å²) < 4.78 is 1.91. The molecule has 2 aromatic rings. The molecule has 0 atom stereocenters. The van der Waals surface area contributed by atoms with E-state index in [4.69, 9.17) is 0 Å². The molecule has 0 saturated heterocycles. The van der Waals surface area contributed by atoms with Crippen molar-refractivity contribution in [2.45, 2.75) is 33.9 Å². The van der Waals surface area contributed by atoms with Gasteiger partial charge in [-0.3, -0.25) is 4.68 Å². The normalized spacial score (nSPS) is 10.5. The van der Waals surface area contributed by atoms with Gasteiger partial charge in [0.15, 0.2) is 0 Å². The van der Waals surface area contributed by atoms with Gasteiger partial charge in [-0.2, -0.15) is 5.10 Å². The van der Waals surface area contributed by atoms with Crippen molar-refractivity contribution in [3.63, 3.8) is 0 Å². The monoisotopic (exact) mass is 231 g/mol. The molecule has 0 fully saturated rings. The number of hydrogen-bond acceptors (Lipinski definition) is 4. The smallest absolute Gasteiger partial charge is 0.130 e. The molecule has 0 spiro atoms. The molecule has 0 aliphatic heterocycles. The van der Waals surface area contributed by atoms with E-state index < -0.39 is 0 Å². The van der Waals surface area contributed by atoms with E-state index in [2.05, 4.69) is 27.3 Å². The summed E-state index contributed by atoms with van der Waals surface area (Å²) in [5.41, 5.74) is 2.13. The van der Waals surface area contributed by atoms with Crippen molar-refractivity contribution < 1.29 is 0 Å². The van der Waals surface area contributed by atoms with Crippen LogP contribution in [0.4, 0.5) is 5.82 Å². The zero-order valence-corrected chi connectivity index (χ0v) is 10.4. The highest BCUT2D eigenvalue weighted by atomic mass is 15.3. The fourth-order valence-electron chi connectivity index (χ4n) is 1.67. The van der Waals surface area contributed by atoms with Crippen LogP contribution in [0, 0.1) is 13.8 Å². The minimum atomic E-state index is 0.732. The van der Waals surface area contributed by atoms with E-state index >= 15 is 0 Å². The maximum Gasteiger partial charge on any atom is 0.130 e. The Balaban J connectivity index is 2.01. The molecule has 0 amide bonds. The van der Waals surface area contributed by atoms with Crippen molar-refractivity contribution in [3.05, 3.63) is 35.5 Å². The number of rotatable bonds is 4. The van der Waals surface area contributed by atoms with Gasteiger partial charge < -0.3 is 5.32 Å². The highest BCUT2D eigenvalue weighted by molar-refractivity contribution is 5.36. The van der Waals surface area contributed by atoms with Crippen LogP contribution in [0.2, 0.25) is 0 Å². The van der Waals surface area contributed by atoms with Gasteiger partial charge in [0.05, 0.1) is 6.20 Å². The molecule has 90 valence electrons. The lowest BCUT2D eigenvalue weighted by molar-refractivity contribution is 0.659. The molecule has 5 heteroatoms. The predicted octanol–water partition coefficient (Wildman–Crippen LogP) is 1.92. The summed E-state index contributed by atoms with van der Waals surface area (Å²) in [6.45, 7) is 7.56. The number of aromatic nitrogens is 4. The molecule has 0 aliphatic rings. The number of nitrogens with zero attached hydrogens (tertiary/aromatic N) is 4. The third kappa shape index (κ3) is 3.03.